The van der Waals surface area contributed by atoms with E-state index >= 15 is 0 Å². The maximum atomic E-state index is 13.3. The lowest BCUT2D eigenvalue weighted by Crippen LogP contribution is -2.49. The quantitative estimate of drug-likeness (QED) is 0.435. The molecular formula is C40H57ClN4O7S2. The second-order valence-electron chi connectivity index (χ2n) is 15.7. The molecule has 1 spiro atoms. The predicted molar refractivity (Wildman–Crippen MR) is 216 cm³/mol. The first kappa shape index (κ1) is 42.2. The maximum Gasteiger partial charge on any atom is 0.264 e. The molecule has 2 aromatic carbocycles. The Morgan fingerprint density at radius 1 is 1.06 bits per heavy atom. The van der Waals surface area contributed by atoms with Crippen LogP contribution in [0.25, 0.3) is 0 Å². The van der Waals surface area contributed by atoms with Crippen molar-refractivity contribution in [1.82, 2.24) is 14.9 Å². The zero-order chi connectivity index (χ0) is 38.0. The molecule has 3 aliphatic heterocycles. The number of piperazine rings is 1. The van der Waals surface area contributed by atoms with E-state index in [-0.39, 0.29) is 47.7 Å². The molecule has 0 aromatic heterocycles. The smallest absolute Gasteiger partial charge is 0.264 e. The molecule has 3 heterocycles. The molecule has 2 fully saturated rings. The molecule has 54 heavy (non-hydrogen) atoms. The number of fused-ring (bicyclic) bond motifs is 4. The second-order valence-corrected chi connectivity index (χ2v) is 20.4. The Morgan fingerprint density at radius 2 is 1.81 bits per heavy atom. The van der Waals surface area contributed by atoms with Gasteiger partial charge >= 0.3 is 0 Å². The van der Waals surface area contributed by atoms with Crippen LogP contribution in [0.1, 0.15) is 74.9 Å². The van der Waals surface area contributed by atoms with Crippen molar-refractivity contribution in [2.75, 3.05) is 69.3 Å². The van der Waals surface area contributed by atoms with Gasteiger partial charge in [0.25, 0.3) is 5.91 Å². The van der Waals surface area contributed by atoms with Crippen LogP contribution in [0.2, 0.25) is 5.02 Å². The minimum absolute atomic E-state index is 0. The number of ether oxygens (including phenoxy) is 1. The van der Waals surface area contributed by atoms with E-state index in [0.29, 0.717) is 38.4 Å². The highest BCUT2D eigenvalue weighted by Crippen LogP contribution is 2.46. The number of amides is 1. The van der Waals surface area contributed by atoms with Crippen molar-refractivity contribution in [3.05, 3.63) is 70.3 Å². The molecule has 298 valence electrons. The third-order valence-electron chi connectivity index (χ3n) is 11.8. The molecule has 14 heteroatoms. The standard InChI is InChI=1S/C32H37ClN2O5S.C7H16N2O2S.CH4/c1-20-5-3-7-29(36)26-11-8-24(26)17-35-18-32(14-4-6-22-15-25(33)10-12-27(22)32)19-40-30-13-9-23(16-28(30)35)31(37)34-41(38,39)21(20)2;1-12(10,11)7-6-9-4-2-8-3-5-9;/h3,7,9-10,12-13,15-16,20-21,24,26H,4-6,8,11,14,17-19H2,1-2H3,(H,34,37);8H,2-7H2,1H3;1H4/b7-3+;;/t20-,21+,24-,26+,32-;;/m0../s1. The zero-order valence-electron chi connectivity index (χ0n) is 31.0. The summed E-state index contributed by atoms with van der Waals surface area (Å²) in [7, 11) is -6.72. The Bertz CT molecular complexity index is 1930. The lowest BCUT2D eigenvalue weighted by atomic mass is 9.68. The highest BCUT2D eigenvalue weighted by Gasteiger charge is 2.44. The number of benzene rings is 2. The lowest BCUT2D eigenvalue weighted by Gasteiger charge is -2.44. The predicted octanol–water partition coefficient (Wildman–Crippen LogP) is 5.02. The molecule has 1 amide bonds. The summed E-state index contributed by atoms with van der Waals surface area (Å²) in [6.07, 6.45) is 9.89. The number of nitrogens with one attached hydrogen (secondary N) is 2. The van der Waals surface area contributed by atoms with Crippen LogP contribution in [0, 0.1) is 17.8 Å². The normalized spacial score (nSPS) is 29.0. The SMILES string of the molecule is C.CS(=O)(=O)CCN1CCNCC1.C[C@@H]1[C@@H](C)C/C=C/C(=O)[C@@H]2CC[C@H]2CN2C[C@@]3(CCCc4cc(Cl)ccc43)COc3ccc(cc32)C(=O)NS1(=O)=O. The summed E-state index contributed by atoms with van der Waals surface area (Å²) >= 11 is 6.37. The van der Waals surface area contributed by atoms with Crippen LogP contribution in [0.4, 0.5) is 5.69 Å². The Kier molecular flexibility index (Phi) is 13.6. The summed E-state index contributed by atoms with van der Waals surface area (Å²) in [4.78, 5) is 31.0. The van der Waals surface area contributed by atoms with E-state index in [1.807, 2.05) is 13.0 Å². The van der Waals surface area contributed by atoms with E-state index < -0.39 is 31.0 Å². The summed E-state index contributed by atoms with van der Waals surface area (Å²) in [5.74, 6) is 0.253. The molecule has 7 rings (SSSR count). The average Bonchev–Trinajstić information content (AvgIpc) is 3.25. The largest absolute Gasteiger partial charge is 0.490 e. The number of allylic oxidation sites excluding steroid dienone is 2. The maximum absolute atomic E-state index is 13.3. The summed E-state index contributed by atoms with van der Waals surface area (Å²) in [6, 6.07) is 11.3. The van der Waals surface area contributed by atoms with Crippen LogP contribution >= 0.6 is 11.6 Å². The number of sulfonamides is 1. The number of rotatable bonds is 3. The van der Waals surface area contributed by atoms with E-state index in [2.05, 4.69) is 32.0 Å². The number of carbonyl (C=O) groups excluding carboxylic acids is 2. The minimum atomic E-state index is -3.93. The van der Waals surface area contributed by atoms with E-state index in [0.717, 1.165) is 69.0 Å². The third-order valence-corrected chi connectivity index (χ3v) is 14.9. The van der Waals surface area contributed by atoms with Crippen LogP contribution in [0.3, 0.4) is 0 Å². The highest BCUT2D eigenvalue weighted by molar-refractivity contribution is 7.90. The fourth-order valence-corrected chi connectivity index (χ4v) is 10.3. The van der Waals surface area contributed by atoms with Gasteiger partial charge in [0, 0.05) is 74.0 Å². The van der Waals surface area contributed by atoms with Gasteiger partial charge in [0.15, 0.2) is 5.78 Å². The summed E-state index contributed by atoms with van der Waals surface area (Å²) in [5, 5.41) is 3.14. The molecule has 1 saturated carbocycles. The minimum Gasteiger partial charge on any atom is -0.490 e. The van der Waals surface area contributed by atoms with Crippen molar-refractivity contribution < 1.29 is 31.2 Å². The van der Waals surface area contributed by atoms with Crippen molar-refractivity contribution in [1.29, 1.82) is 0 Å². The van der Waals surface area contributed by atoms with Crippen LogP contribution in [0.15, 0.2) is 48.6 Å². The number of nitrogens with zero attached hydrogens (tertiary/aromatic N) is 2. The van der Waals surface area contributed by atoms with Crippen molar-refractivity contribution >= 4 is 48.8 Å². The van der Waals surface area contributed by atoms with Crippen molar-refractivity contribution in [2.45, 2.75) is 70.5 Å². The Balaban J connectivity index is 0.000000370. The molecular weight excluding hydrogens is 748 g/mol. The summed E-state index contributed by atoms with van der Waals surface area (Å²) in [5.41, 5.74) is 3.22. The van der Waals surface area contributed by atoms with Gasteiger partial charge in [-0.25, -0.2) is 21.6 Å². The van der Waals surface area contributed by atoms with Crippen LogP contribution < -0.4 is 19.7 Å². The van der Waals surface area contributed by atoms with Gasteiger partial charge in [-0.2, -0.15) is 0 Å². The van der Waals surface area contributed by atoms with Gasteiger partial charge in [-0.05, 0) is 105 Å². The molecule has 2 aliphatic carbocycles. The fourth-order valence-electron chi connectivity index (χ4n) is 8.23. The van der Waals surface area contributed by atoms with Crippen LogP contribution in [-0.2, 0) is 36.5 Å². The topological polar surface area (TPSA) is 142 Å². The third kappa shape index (κ3) is 9.87. The van der Waals surface area contributed by atoms with E-state index in [1.165, 1.54) is 17.4 Å². The Labute approximate surface area is 327 Å². The highest BCUT2D eigenvalue weighted by atomic mass is 35.5. The lowest BCUT2D eigenvalue weighted by molar-refractivity contribution is -0.122. The van der Waals surface area contributed by atoms with Gasteiger partial charge in [0.05, 0.1) is 23.3 Å². The number of halogens is 1. The molecule has 5 aliphatic rings. The van der Waals surface area contributed by atoms with E-state index in [4.69, 9.17) is 16.3 Å². The molecule has 0 unspecified atom stereocenters. The monoisotopic (exact) mass is 804 g/mol. The number of anilines is 1. The first-order chi connectivity index (χ1) is 25.1. The zero-order valence-corrected chi connectivity index (χ0v) is 33.4. The first-order valence-corrected chi connectivity index (χ1v) is 22.8. The summed E-state index contributed by atoms with van der Waals surface area (Å²) in [6.45, 7) is 9.79. The average molecular weight is 806 g/mol. The number of carbonyl (C=O) groups is 2. The number of aryl methyl sites for hydroxylation is 1. The number of sulfone groups is 1. The van der Waals surface area contributed by atoms with Gasteiger partial charge in [-0.3, -0.25) is 14.5 Å². The van der Waals surface area contributed by atoms with Crippen molar-refractivity contribution in [2.24, 2.45) is 17.8 Å². The van der Waals surface area contributed by atoms with Gasteiger partial charge in [-0.15, -0.1) is 0 Å². The Hall–Kier alpha value is -2.97. The number of hydrogen-bond donors (Lipinski definition) is 2. The van der Waals surface area contributed by atoms with E-state index in [1.54, 1.807) is 37.3 Å². The fraction of sp³-hybridized carbons (Fsp3) is 0.600. The number of ketones is 1. The van der Waals surface area contributed by atoms with E-state index in [9.17, 15) is 26.4 Å². The summed E-state index contributed by atoms with van der Waals surface area (Å²) < 4.78 is 56.7. The second kappa shape index (κ2) is 17.4. The van der Waals surface area contributed by atoms with Gasteiger partial charge in [0.1, 0.15) is 15.6 Å². The molecule has 1 saturated heterocycles. The molecule has 2 N–H and O–H groups in total. The molecule has 0 radical (unpaired) electrons. The molecule has 2 bridgehead atoms. The van der Waals surface area contributed by atoms with Crippen LogP contribution in [-0.4, -0.2) is 103 Å². The van der Waals surface area contributed by atoms with Gasteiger partial charge in [0.2, 0.25) is 10.0 Å². The molecule has 2 aromatic rings. The van der Waals surface area contributed by atoms with Gasteiger partial charge < -0.3 is 15.0 Å². The first-order valence-electron chi connectivity index (χ1n) is 18.8. The van der Waals surface area contributed by atoms with Crippen LogP contribution in [0.5, 0.6) is 5.75 Å². The Morgan fingerprint density at radius 3 is 2.52 bits per heavy atom. The van der Waals surface area contributed by atoms with Crippen molar-refractivity contribution in [3.8, 4) is 5.75 Å². The number of hydrogen-bond acceptors (Lipinski definition) is 10. The molecule has 5 atom stereocenters. The van der Waals surface area contributed by atoms with Gasteiger partial charge in [-0.1, -0.05) is 38.1 Å². The molecule has 11 nitrogen and oxygen atoms in total. The van der Waals surface area contributed by atoms with Crippen molar-refractivity contribution in [3.63, 3.8) is 0 Å².